The molecule has 0 bridgehead atoms. The molecule has 2 saturated heterocycles. The van der Waals surface area contributed by atoms with Crippen molar-refractivity contribution >= 4 is 22.6 Å². The first-order chi connectivity index (χ1) is 14.2. The van der Waals surface area contributed by atoms with Crippen LogP contribution in [-0.2, 0) is 0 Å². The number of nitrogens with one attached hydrogen (secondary N) is 1. The number of hydrogen-bond acceptors (Lipinski definition) is 4. The van der Waals surface area contributed by atoms with E-state index < -0.39 is 0 Å². The zero-order chi connectivity index (χ0) is 19.8. The highest BCUT2D eigenvalue weighted by Crippen LogP contribution is 2.43. The number of hydrogen-bond donors (Lipinski definition) is 1. The van der Waals surface area contributed by atoms with Gasteiger partial charge in [-0.25, -0.2) is 0 Å². The first kappa shape index (κ1) is 18.4. The molecule has 2 aliphatic rings. The van der Waals surface area contributed by atoms with Gasteiger partial charge < -0.3 is 14.6 Å². The van der Waals surface area contributed by atoms with Crippen LogP contribution >= 0.6 is 0 Å². The molecule has 3 atom stereocenters. The lowest BCUT2D eigenvalue weighted by Gasteiger charge is -2.35. The number of piperidine rings is 1. The molecular weight excluding hydrogens is 360 g/mol. The van der Waals surface area contributed by atoms with E-state index in [1.54, 1.807) is 0 Å². The minimum Gasteiger partial charge on any atom is -0.440 e. The summed E-state index contributed by atoms with van der Waals surface area (Å²) in [6, 6.07) is 18.1. The van der Waals surface area contributed by atoms with Crippen molar-refractivity contribution < 1.29 is 9.21 Å². The van der Waals surface area contributed by atoms with E-state index in [0.717, 1.165) is 30.0 Å². The van der Waals surface area contributed by atoms with E-state index in [2.05, 4.69) is 22.3 Å². The van der Waals surface area contributed by atoms with Gasteiger partial charge in [0.15, 0.2) is 11.7 Å². The lowest BCUT2D eigenvalue weighted by Crippen LogP contribution is -2.37. The number of anilines is 1. The van der Waals surface area contributed by atoms with E-state index in [-0.39, 0.29) is 11.8 Å². The molecule has 150 valence electrons. The average molecular weight is 389 g/mol. The lowest BCUT2D eigenvalue weighted by atomic mass is 9.84. The maximum Gasteiger partial charge on any atom is 0.198 e. The van der Waals surface area contributed by atoms with Gasteiger partial charge in [0.2, 0.25) is 0 Å². The summed E-state index contributed by atoms with van der Waals surface area (Å²) in [7, 11) is 0. The number of fused-ring (bicyclic) bond motifs is 2. The van der Waals surface area contributed by atoms with Crippen LogP contribution in [0.5, 0.6) is 0 Å². The van der Waals surface area contributed by atoms with Gasteiger partial charge in [0.25, 0.3) is 0 Å². The zero-order valence-corrected chi connectivity index (χ0v) is 16.9. The molecule has 5 rings (SSSR count). The van der Waals surface area contributed by atoms with Gasteiger partial charge in [0, 0.05) is 22.6 Å². The summed E-state index contributed by atoms with van der Waals surface area (Å²) in [5, 5.41) is 4.61. The maximum absolute atomic E-state index is 12.9. The number of rotatable bonds is 5. The number of ketones is 1. The number of Topliss-reactive ketones (excluding diaryl/α,β-unsaturated/α-hetero) is 1. The minimum absolute atomic E-state index is 0.0858. The Kier molecular flexibility index (Phi) is 4.88. The van der Waals surface area contributed by atoms with Crippen molar-refractivity contribution in [2.24, 2.45) is 0 Å². The van der Waals surface area contributed by atoms with Gasteiger partial charge in [-0.2, -0.15) is 0 Å². The molecule has 29 heavy (non-hydrogen) atoms. The Morgan fingerprint density at radius 2 is 1.86 bits per heavy atom. The van der Waals surface area contributed by atoms with Crippen LogP contribution < -0.4 is 5.32 Å². The Bertz CT molecular complexity index is 1010. The molecule has 2 aliphatic heterocycles. The molecule has 1 aromatic heterocycles. The summed E-state index contributed by atoms with van der Waals surface area (Å²) in [4.78, 5) is 15.5. The Hall–Kier alpha value is -2.59. The van der Waals surface area contributed by atoms with Gasteiger partial charge in [-0.1, -0.05) is 48.5 Å². The maximum atomic E-state index is 12.9. The predicted octanol–water partition coefficient (Wildman–Crippen LogP) is 5.46. The molecule has 0 amide bonds. The van der Waals surface area contributed by atoms with Crippen molar-refractivity contribution in [2.45, 2.75) is 50.6 Å². The van der Waals surface area contributed by atoms with Crippen molar-refractivity contribution in [3.05, 3.63) is 65.7 Å². The van der Waals surface area contributed by atoms with Crippen LogP contribution in [-0.4, -0.2) is 35.9 Å². The number of furan rings is 1. The lowest BCUT2D eigenvalue weighted by molar-refractivity contribution is 0.0974. The fourth-order valence-electron chi connectivity index (χ4n) is 5.18. The van der Waals surface area contributed by atoms with Crippen molar-refractivity contribution in [3.8, 4) is 0 Å². The number of carbonyl (C=O) groups is 1. The van der Waals surface area contributed by atoms with E-state index in [1.807, 2.05) is 49.4 Å². The molecule has 0 spiro atoms. The largest absolute Gasteiger partial charge is 0.440 e. The van der Waals surface area contributed by atoms with Crippen LogP contribution in [0.3, 0.4) is 0 Å². The van der Waals surface area contributed by atoms with Gasteiger partial charge in [-0.3, -0.25) is 4.79 Å². The fourth-order valence-corrected chi connectivity index (χ4v) is 5.18. The third-order valence-corrected chi connectivity index (χ3v) is 6.66. The normalized spacial score (nSPS) is 23.1. The van der Waals surface area contributed by atoms with Crippen molar-refractivity contribution in [3.63, 3.8) is 0 Å². The minimum atomic E-state index is -0.344. The van der Waals surface area contributed by atoms with E-state index in [9.17, 15) is 4.79 Å². The van der Waals surface area contributed by atoms with Gasteiger partial charge in [0.05, 0.1) is 6.04 Å². The van der Waals surface area contributed by atoms with E-state index in [1.165, 1.54) is 36.8 Å². The Labute approximate surface area is 171 Å². The van der Waals surface area contributed by atoms with Crippen molar-refractivity contribution in [2.75, 3.05) is 18.4 Å². The summed E-state index contributed by atoms with van der Waals surface area (Å²) in [5.41, 5.74) is 2.89. The van der Waals surface area contributed by atoms with Gasteiger partial charge in [-0.05, 0) is 57.7 Å². The molecule has 4 heteroatoms. The highest BCUT2D eigenvalue weighted by Gasteiger charge is 2.35. The van der Waals surface area contributed by atoms with E-state index in [0.29, 0.717) is 12.0 Å². The quantitative estimate of drug-likeness (QED) is 0.590. The third kappa shape index (κ3) is 3.46. The van der Waals surface area contributed by atoms with Crippen LogP contribution in [0.25, 0.3) is 11.0 Å². The standard InChI is InChI=1S/C25H28N2O2/c1-17(24(28)18-8-3-2-4-9-18)26-25-23(21-11-5-6-12-22(21)29-25)19-13-15-27-14-7-10-20(27)16-19/h2-6,8-9,11-12,17,19-20,26H,7,10,13-16H2,1H3. The highest BCUT2D eigenvalue weighted by molar-refractivity contribution is 6.01. The second kappa shape index (κ2) is 7.68. The molecular formula is C25H28N2O2. The zero-order valence-electron chi connectivity index (χ0n) is 16.9. The van der Waals surface area contributed by atoms with Crippen molar-refractivity contribution in [1.29, 1.82) is 0 Å². The Morgan fingerprint density at radius 3 is 2.72 bits per heavy atom. The fraction of sp³-hybridized carbons (Fsp3) is 0.400. The summed E-state index contributed by atoms with van der Waals surface area (Å²) < 4.78 is 6.24. The van der Waals surface area contributed by atoms with E-state index >= 15 is 0 Å². The number of benzene rings is 2. The first-order valence-corrected chi connectivity index (χ1v) is 10.8. The Morgan fingerprint density at radius 1 is 1.07 bits per heavy atom. The Balaban J connectivity index is 1.46. The third-order valence-electron chi connectivity index (χ3n) is 6.66. The molecule has 3 unspecified atom stereocenters. The molecule has 1 N–H and O–H groups in total. The summed E-state index contributed by atoms with van der Waals surface area (Å²) in [6.45, 7) is 4.33. The van der Waals surface area contributed by atoms with Crippen LogP contribution in [0.2, 0.25) is 0 Å². The van der Waals surface area contributed by atoms with Gasteiger partial charge in [0.1, 0.15) is 5.58 Å². The predicted molar refractivity (Wildman–Crippen MR) is 117 cm³/mol. The van der Waals surface area contributed by atoms with Crippen LogP contribution in [0.1, 0.15) is 54.4 Å². The second-order valence-corrected chi connectivity index (χ2v) is 8.49. The molecule has 3 aromatic rings. The molecule has 4 nitrogen and oxygen atoms in total. The first-order valence-electron chi connectivity index (χ1n) is 10.8. The summed E-state index contributed by atoms with van der Waals surface area (Å²) >= 11 is 0. The van der Waals surface area contributed by atoms with Gasteiger partial charge >= 0.3 is 0 Å². The second-order valence-electron chi connectivity index (χ2n) is 8.49. The summed E-state index contributed by atoms with van der Waals surface area (Å²) in [5.74, 6) is 1.33. The number of nitrogens with zero attached hydrogens (tertiary/aromatic N) is 1. The van der Waals surface area contributed by atoms with Crippen LogP contribution in [0, 0.1) is 0 Å². The van der Waals surface area contributed by atoms with Crippen molar-refractivity contribution in [1.82, 2.24) is 4.90 Å². The van der Waals surface area contributed by atoms with Gasteiger partial charge in [-0.15, -0.1) is 0 Å². The molecule has 2 fully saturated rings. The smallest absolute Gasteiger partial charge is 0.198 e. The molecule has 0 aliphatic carbocycles. The number of carbonyl (C=O) groups excluding carboxylic acids is 1. The molecule has 3 heterocycles. The topological polar surface area (TPSA) is 45.5 Å². The molecule has 2 aromatic carbocycles. The highest BCUT2D eigenvalue weighted by atomic mass is 16.4. The average Bonchev–Trinajstić information content (AvgIpc) is 3.37. The van der Waals surface area contributed by atoms with Crippen LogP contribution in [0.15, 0.2) is 59.0 Å². The number of para-hydroxylation sites is 1. The molecule has 0 radical (unpaired) electrons. The summed E-state index contributed by atoms with van der Waals surface area (Å²) in [6.07, 6.45) is 4.95. The van der Waals surface area contributed by atoms with E-state index in [4.69, 9.17) is 4.42 Å². The monoisotopic (exact) mass is 388 g/mol. The SMILES string of the molecule is CC(Nc1oc2ccccc2c1C1CCN2CCCC2C1)C(=O)c1ccccc1. The molecule has 0 saturated carbocycles. The van der Waals surface area contributed by atoms with Crippen LogP contribution in [0.4, 0.5) is 5.88 Å².